The molecule has 2 aliphatic rings. The molecule has 4 unspecified atom stereocenters. The van der Waals surface area contributed by atoms with Crippen molar-refractivity contribution in [3.8, 4) is 0 Å². The molecule has 2 saturated carbocycles. The predicted octanol–water partition coefficient (Wildman–Crippen LogP) is 4.74. The van der Waals surface area contributed by atoms with E-state index < -0.39 is 0 Å². The fourth-order valence-electron chi connectivity index (χ4n) is 4.36. The molecule has 0 heterocycles. The van der Waals surface area contributed by atoms with E-state index in [0.29, 0.717) is 0 Å². The normalized spacial score (nSPS) is 46.6. The van der Waals surface area contributed by atoms with Gasteiger partial charge in [0.05, 0.1) is 0 Å². The average molecular weight is 208 g/mol. The third kappa shape index (κ3) is 2.24. The molecule has 0 spiro atoms. The maximum atomic E-state index is 2.50. The van der Waals surface area contributed by atoms with Crippen LogP contribution in [0.15, 0.2) is 0 Å². The Hall–Kier alpha value is 0. The highest BCUT2D eigenvalue weighted by Gasteiger charge is 2.41. The van der Waals surface area contributed by atoms with Crippen molar-refractivity contribution in [2.75, 3.05) is 0 Å². The number of hydrogen-bond acceptors (Lipinski definition) is 0. The van der Waals surface area contributed by atoms with Crippen LogP contribution in [0.4, 0.5) is 0 Å². The first-order valence-corrected chi connectivity index (χ1v) is 7.09. The van der Waals surface area contributed by atoms with Crippen LogP contribution in [-0.2, 0) is 0 Å². The Morgan fingerprint density at radius 1 is 0.867 bits per heavy atom. The van der Waals surface area contributed by atoms with Gasteiger partial charge in [-0.05, 0) is 54.8 Å². The van der Waals surface area contributed by atoms with Crippen LogP contribution < -0.4 is 0 Å². The zero-order valence-corrected chi connectivity index (χ0v) is 11.0. The molecular formula is C15H28. The molecule has 0 aliphatic heterocycles. The number of rotatable bonds is 1. The maximum absolute atomic E-state index is 2.50. The maximum Gasteiger partial charge on any atom is -0.0350 e. The van der Waals surface area contributed by atoms with Gasteiger partial charge in [-0.25, -0.2) is 0 Å². The van der Waals surface area contributed by atoms with Crippen LogP contribution in [0, 0.1) is 35.5 Å². The first-order valence-electron chi connectivity index (χ1n) is 7.09. The largest absolute Gasteiger partial charge is 0.0625 e. The summed E-state index contributed by atoms with van der Waals surface area (Å²) in [5.41, 5.74) is 0. The van der Waals surface area contributed by atoms with Crippen molar-refractivity contribution in [3.05, 3.63) is 0 Å². The lowest BCUT2D eigenvalue weighted by Gasteiger charge is -2.48. The van der Waals surface area contributed by atoms with Crippen molar-refractivity contribution >= 4 is 0 Å². The van der Waals surface area contributed by atoms with Crippen molar-refractivity contribution in [1.29, 1.82) is 0 Å². The van der Waals surface area contributed by atoms with E-state index in [0.717, 1.165) is 35.5 Å². The monoisotopic (exact) mass is 208 g/mol. The van der Waals surface area contributed by atoms with Crippen molar-refractivity contribution in [2.24, 2.45) is 35.5 Å². The van der Waals surface area contributed by atoms with Gasteiger partial charge in [0.1, 0.15) is 0 Å². The first kappa shape index (κ1) is 11.5. The first-order chi connectivity index (χ1) is 7.09. The Kier molecular flexibility index (Phi) is 3.42. The molecule has 0 radical (unpaired) electrons. The quantitative estimate of drug-likeness (QED) is 0.584. The molecule has 5 atom stereocenters. The summed E-state index contributed by atoms with van der Waals surface area (Å²) < 4.78 is 0. The minimum absolute atomic E-state index is 0.912. The molecule has 2 rings (SSSR count). The van der Waals surface area contributed by atoms with E-state index in [2.05, 4.69) is 27.7 Å². The third-order valence-corrected chi connectivity index (χ3v) is 5.31. The molecule has 0 nitrogen and oxygen atoms in total. The van der Waals surface area contributed by atoms with E-state index in [1.165, 1.54) is 32.1 Å². The van der Waals surface area contributed by atoms with E-state index in [4.69, 9.17) is 0 Å². The molecule has 15 heavy (non-hydrogen) atoms. The molecule has 0 N–H and O–H groups in total. The van der Waals surface area contributed by atoms with Gasteiger partial charge in [0.25, 0.3) is 0 Å². The second-order valence-electron chi connectivity index (χ2n) is 6.71. The van der Waals surface area contributed by atoms with Crippen LogP contribution in [0.1, 0.15) is 59.8 Å². The molecule has 2 aliphatic carbocycles. The van der Waals surface area contributed by atoms with Gasteiger partial charge in [0, 0.05) is 0 Å². The van der Waals surface area contributed by atoms with Crippen molar-refractivity contribution < 1.29 is 0 Å². The van der Waals surface area contributed by atoms with Crippen LogP contribution >= 0.6 is 0 Å². The highest BCUT2D eigenvalue weighted by atomic mass is 14.5. The van der Waals surface area contributed by atoms with Gasteiger partial charge >= 0.3 is 0 Å². The van der Waals surface area contributed by atoms with E-state index in [9.17, 15) is 0 Å². The van der Waals surface area contributed by atoms with E-state index in [1.54, 1.807) is 0 Å². The number of fused-ring (bicyclic) bond motifs is 1. The van der Waals surface area contributed by atoms with Gasteiger partial charge in [-0.2, -0.15) is 0 Å². The van der Waals surface area contributed by atoms with Crippen molar-refractivity contribution in [1.82, 2.24) is 0 Å². The van der Waals surface area contributed by atoms with Gasteiger partial charge in [0.15, 0.2) is 0 Å². The Morgan fingerprint density at radius 2 is 1.60 bits per heavy atom. The SMILES string of the molecule is CC1CC[C@@H]2C(C)CCC(C(C)C)C2C1. The van der Waals surface area contributed by atoms with Crippen molar-refractivity contribution in [2.45, 2.75) is 59.8 Å². The zero-order valence-electron chi connectivity index (χ0n) is 11.0. The minimum Gasteiger partial charge on any atom is -0.0625 e. The molecule has 0 bridgehead atoms. The second kappa shape index (κ2) is 4.47. The van der Waals surface area contributed by atoms with Crippen LogP contribution in [-0.4, -0.2) is 0 Å². The zero-order chi connectivity index (χ0) is 11.0. The topological polar surface area (TPSA) is 0 Å². The Morgan fingerprint density at radius 3 is 2.27 bits per heavy atom. The molecule has 2 fully saturated rings. The summed E-state index contributed by atoms with van der Waals surface area (Å²) in [5.74, 6) is 6.10. The summed E-state index contributed by atoms with van der Waals surface area (Å²) in [5, 5.41) is 0. The number of hydrogen-bond donors (Lipinski definition) is 0. The lowest BCUT2D eigenvalue weighted by atomic mass is 9.57. The van der Waals surface area contributed by atoms with Crippen LogP contribution in [0.25, 0.3) is 0 Å². The van der Waals surface area contributed by atoms with Crippen LogP contribution in [0.5, 0.6) is 0 Å². The Balaban J connectivity index is 2.10. The summed E-state index contributed by atoms with van der Waals surface area (Å²) in [6, 6.07) is 0. The smallest absolute Gasteiger partial charge is 0.0350 e. The molecule has 0 saturated heterocycles. The lowest BCUT2D eigenvalue weighted by Crippen LogP contribution is -2.39. The van der Waals surface area contributed by atoms with Crippen molar-refractivity contribution in [3.63, 3.8) is 0 Å². The van der Waals surface area contributed by atoms with Gasteiger partial charge in [0.2, 0.25) is 0 Å². The van der Waals surface area contributed by atoms with Gasteiger partial charge < -0.3 is 0 Å². The standard InChI is InChI=1S/C15H28/c1-10(2)13-8-6-12(4)14-7-5-11(3)9-15(13)14/h10-15H,5-9H2,1-4H3/t11?,12?,13?,14-,15?/m1/s1. The van der Waals surface area contributed by atoms with E-state index >= 15 is 0 Å². The predicted molar refractivity (Wildman–Crippen MR) is 66.7 cm³/mol. The summed E-state index contributed by atoms with van der Waals surface area (Å²) in [7, 11) is 0. The van der Waals surface area contributed by atoms with E-state index in [-0.39, 0.29) is 0 Å². The summed E-state index contributed by atoms with van der Waals surface area (Å²) in [6.45, 7) is 9.85. The van der Waals surface area contributed by atoms with Gasteiger partial charge in [-0.1, -0.05) is 40.5 Å². The second-order valence-corrected chi connectivity index (χ2v) is 6.71. The summed E-state index contributed by atoms with van der Waals surface area (Å²) in [4.78, 5) is 0. The van der Waals surface area contributed by atoms with Crippen LogP contribution in [0.3, 0.4) is 0 Å². The van der Waals surface area contributed by atoms with Gasteiger partial charge in [-0.3, -0.25) is 0 Å². The molecule has 0 aromatic heterocycles. The molecular weight excluding hydrogens is 180 g/mol. The summed E-state index contributed by atoms with van der Waals surface area (Å²) in [6.07, 6.45) is 7.55. The summed E-state index contributed by atoms with van der Waals surface area (Å²) >= 11 is 0. The fraction of sp³-hybridized carbons (Fsp3) is 1.00. The minimum atomic E-state index is 0.912. The highest BCUT2D eigenvalue weighted by molar-refractivity contribution is 4.90. The molecule has 88 valence electrons. The lowest BCUT2D eigenvalue weighted by molar-refractivity contribution is 0.0182. The fourth-order valence-corrected chi connectivity index (χ4v) is 4.36. The third-order valence-electron chi connectivity index (χ3n) is 5.31. The molecule has 0 heteroatoms. The Labute approximate surface area is 95.8 Å². The van der Waals surface area contributed by atoms with Crippen LogP contribution in [0.2, 0.25) is 0 Å². The van der Waals surface area contributed by atoms with E-state index in [1.807, 2.05) is 0 Å². The molecule has 0 aromatic rings. The highest BCUT2D eigenvalue weighted by Crippen LogP contribution is 2.50. The average Bonchev–Trinajstić information content (AvgIpc) is 2.17. The Bertz CT molecular complexity index is 202. The van der Waals surface area contributed by atoms with Gasteiger partial charge in [-0.15, -0.1) is 0 Å². The molecule has 0 amide bonds. The molecule has 0 aromatic carbocycles.